The van der Waals surface area contributed by atoms with Crippen LogP contribution in [0.1, 0.15) is 46.5 Å². The number of unbranched alkanes of at least 4 members (excludes halogenated alkanes) is 1. The van der Waals surface area contributed by atoms with E-state index in [1.165, 1.54) is 7.11 Å². The molecule has 1 aliphatic rings. The average Bonchev–Trinajstić information content (AvgIpc) is 2.36. The Morgan fingerprint density at radius 2 is 2.00 bits per heavy atom. The van der Waals surface area contributed by atoms with E-state index in [1.807, 2.05) is 0 Å². The number of hydrogen-bond donors (Lipinski definition) is 2. The molecule has 1 amide bonds. The molecule has 1 aliphatic carbocycles. The molecule has 0 aliphatic heterocycles. The van der Waals surface area contributed by atoms with Crippen molar-refractivity contribution in [2.45, 2.75) is 57.6 Å². The molecule has 1 rings (SSSR count). The van der Waals surface area contributed by atoms with Gasteiger partial charge in [-0.05, 0) is 45.8 Å². The van der Waals surface area contributed by atoms with E-state index < -0.39 is 23.2 Å². The van der Waals surface area contributed by atoms with Crippen LogP contribution in [0.25, 0.3) is 0 Å². The van der Waals surface area contributed by atoms with E-state index in [1.54, 1.807) is 20.8 Å². The van der Waals surface area contributed by atoms with Gasteiger partial charge in [-0.2, -0.15) is 12.6 Å². The van der Waals surface area contributed by atoms with Gasteiger partial charge in [0.15, 0.2) is 0 Å². The monoisotopic (exact) mass is 327 g/mol. The number of amides is 1. The highest BCUT2D eigenvalue weighted by Crippen LogP contribution is 2.38. The van der Waals surface area contributed by atoms with Crippen LogP contribution in [0.15, 0.2) is 0 Å². The van der Waals surface area contributed by atoms with Crippen molar-refractivity contribution in [1.82, 2.24) is 5.32 Å². The maximum absolute atomic E-state index is 12.0. The molecule has 0 saturated heterocycles. The molecule has 0 aromatic rings. The van der Waals surface area contributed by atoms with Crippen LogP contribution in [0.5, 0.6) is 0 Å². The molecule has 0 unspecified atom stereocenters. The number of carbonyl (C=O) groups excluding carboxylic acids is 2. The van der Waals surface area contributed by atoms with E-state index in [0.717, 1.165) is 18.6 Å². The maximum Gasteiger partial charge on any atom is 0.408 e. The Morgan fingerprint density at radius 1 is 1.36 bits per heavy atom. The molecule has 0 aromatic heterocycles. The molecule has 0 spiro atoms. The van der Waals surface area contributed by atoms with Crippen molar-refractivity contribution in [3.05, 3.63) is 0 Å². The molecule has 0 aromatic carbocycles. The zero-order valence-corrected chi connectivity index (χ0v) is 14.6. The molecular formula is C16H25NO4S. The molecule has 0 bridgehead atoms. The predicted molar refractivity (Wildman–Crippen MR) is 87.7 cm³/mol. The molecule has 6 heteroatoms. The lowest BCUT2D eigenvalue weighted by molar-refractivity contribution is -0.153. The fraction of sp³-hybridized carbons (Fsp3) is 0.750. The minimum atomic E-state index is -1.01. The van der Waals surface area contributed by atoms with Gasteiger partial charge in [0, 0.05) is 12.3 Å². The van der Waals surface area contributed by atoms with Gasteiger partial charge in [0.25, 0.3) is 0 Å². The summed E-state index contributed by atoms with van der Waals surface area (Å²) < 4.78 is 10.0. The van der Waals surface area contributed by atoms with E-state index in [0.29, 0.717) is 12.8 Å². The zero-order chi connectivity index (χ0) is 16.8. The van der Waals surface area contributed by atoms with Crippen LogP contribution in [0, 0.1) is 17.8 Å². The van der Waals surface area contributed by atoms with Gasteiger partial charge < -0.3 is 14.8 Å². The number of thiol groups is 1. The second-order valence-corrected chi connectivity index (χ2v) is 6.90. The Hall–Kier alpha value is -1.35. The second kappa shape index (κ2) is 7.77. The summed E-state index contributed by atoms with van der Waals surface area (Å²) in [7, 11) is 1.31. The molecule has 1 saturated carbocycles. The van der Waals surface area contributed by atoms with Crippen molar-refractivity contribution < 1.29 is 19.1 Å². The molecule has 1 N–H and O–H groups in total. The largest absolute Gasteiger partial charge is 0.467 e. The smallest absolute Gasteiger partial charge is 0.408 e. The summed E-state index contributed by atoms with van der Waals surface area (Å²) in [6.45, 7) is 5.32. The maximum atomic E-state index is 12.0. The van der Waals surface area contributed by atoms with Crippen LogP contribution in [0.2, 0.25) is 0 Å². The van der Waals surface area contributed by atoms with E-state index in [-0.39, 0.29) is 5.92 Å². The molecular weight excluding hydrogens is 302 g/mol. The highest BCUT2D eigenvalue weighted by Gasteiger charge is 2.52. The summed E-state index contributed by atoms with van der Waals surface area (Å²) in [5.41, 5.74) is -1.63. The van der Waals surface area contributed by atoms with Gasteiger partial charge in [-0.25, -0.2) is 9.59 Å². The number of carbonyl (C=O) groups is 2. The topological polar surface area (TPSA) is 64.6 Å². The number of hydrogen-bond acceptors (Lipinski definition) is 5. The van der Waals surface area contributed by atoms with Crippen LogP contribution >= 0.6 is 12.6 Å². The van der Waals surface area contributed by atoms with E-state index in [9.17, 15) is 9.59 Å². The van der Waals surface area contributed by atoms with Crippen LogP contribution in [0.3, 0.4) is 0 Å². The summed E-state index contributed by atoms with van der Waals surface area (Å²) in [4.78, 5) is 23.9. The van der Waals surface area contributed by atoms with Gasteiger partial charge in [0.2, 0.25) is 0 Å². The first-order valence-electron chi connectivity index (χ1n) is 7.41. The lowest BCUT2D eigenvalue weighted by Gasteiger charge is -2.43. The SMILES string of the molecule is COC(=O)C1(NC(=O)OC(C)(C)C)CC(C#CCCCS)C1. The third kappa shape index (κ3) is 5.45. The van der Waals surface area contributed by atoms with Gasteiger partial charge in [-0.15, -0.1) is 5.92 Å². The van der Waals surface area contributed by atoms with Gasteiger partial charge in [0.05, 0.1) is 7.11 Å². The zero-order valence-electron chi connectivity index (χ0n) is 13.7. The molecule has 0 heterocycles. The summed E-state index contributed by atoms with van der Waals surface area (Å²) in [6.07, 6.45) is 2.03. The lowest BCUT2D eigenvalue weighted by Crippen LogP contribution is -2.63. The van der Waals surface area contributed by atoms with Crippen molar-refractivity contribution in [2.24, 2.45) is 5.92 Å². The number of alkyl carbamates (subject to hydrolysis) is 1. The quantitative estimate of drug-likeness (QED) is 0.360. The van der Waals surface area contributed by atoms with E-state index in [2.05, 4.69) is 29.8 Å². The summed E-state index contributed by atoms with van der Waals surface area (Å²) in [5, 5.41) is 2.65. The number of esters is 1. The van der Waals surface area contributed by atoms with Crippen LogP contribution < -0.4 is 5.32 Å². The Bertz CT molecular complexity index is 467. The second-order valence-electron chi connectivity index (χ2n) is 6.45. The van der Waals surface area contributed by atoms with Crippen molar-refractivity contribution >= 4 is 24.7 Å². The average molecular weight is 327 g/mol. The lowest BCUT2D eigenvalue weighted by atomic mass is 9.68. The fourth-order valence-corrected chi connectivity index (χ4v) is 2.44. The minimum absolute atomic E-state index is 0.0916. The van der Waals surface area contributed by atoms with Crippen molar-refractivity contribution in [1.29, 1.82) is 0 Å². The molecule has 0 atom stereocenters. The fourth-order valence-electron chi connectivity index (χ4n) is 2.28. The third-order valence-electron chi connectivity index (χ3n) is 3.27. The Morgan fingerprint density at radius 3 is 2.50 bits per heavy atom. The van der Waals surface area contributed by atoms with E-state index in [4.69, 9.17) is 9.47 Å². The van der Waals surface area contributed by atoms with E-state index >= 15 is 0 Å². The van der Waals surface area contributed by atoms with Crippen molar-refractivity contribution in [3.8, 4) is 11.8 Å². The van der Waals surface area contributed by atoms with Gasteiger partial charge in [-0.3, -0.25) is 0 Å². The number of rotatable bonds is 4. The number of nitrogens with one attached hydrogen (secondary N) is 1. The summed E-state index contributed by atoms with van der Waals surface area (Å²) in [6, 6.07) is 0. The molecule has 1 fully saturated rings. The molecule has 5 nitrogen and oxygen atoms in total. The molecule has 22 heavy (non-hydrogen) atoms. The normalized spacial score (nSPS) is 23.6. The highest BCUT2D eigenvalue weighted by molar-refractivity contribution is 7.80. The van der Waals surface area contributed by atoms with Crippen LogP contribution in [-0.4, -0.2) is 36.1 Å². The van der Waals surface area contributed by atoms with Crippen molar-refractivity contribution in [2.75, 3.05) is 12.9 Å². The summed E-state index contributed by atoms with van der Waals surface area (Å²) >= 11 is 4.13. The summed E-state index contributed by atoms with van der Waals surface area (Å²) in [5.74, 6) is 6.66. The van der Waals surface area contributed by atoms with Crippen LogP contribution in [-0.2, 0) is 14.3 Å². The molecule has 0 radical (unpaired) electrons. The Kier molecular flexibility index (Phi) is 6.61. The Balaban J connectivity index is 2.62. The number of ether oxygens (including phenoxy) is 2. The Labute approximate surface area is 137 Å². The first kappa shape index (κ1) is 18.7. The number of methoxy groups -OCH3 is 1. The van der Waals surface area contributed by atoms with Gasteiger partial charge >= 0.3 is 12.1 Å². The first-order chi connectivity index (χ1) is 10.2. The van der Waals surface area contributed by atoms with Crippen molar-refractivity contribution in [3.63, 3.8) is 0 Å². The molecule has 124 valence electrons. The third-order valence-corrected chi connectivity index (χ3v) is 3.59. The van der Waals surface area contributed by atoms with Gasteiger partial charge in [-0.1, -0.05) is 5.92 Å². The van der Waals surface area contributed by atoms with Gasteiger partial charge in [0.1, 0.15) is 11.1 Å². The predicted octanol–water partition coefficient (Wildman–Crippen LogP) is 2.55. The first-order valence-corrected chi connectivity index (χ1v) is 8.04. The standard InChI is InChI=1S/C16H25NO4S/c1-15(2,3)21-14(19)17-16(13(18)20-4)10-12(11-16)8-6-5-7-9-22/h12,22H,5,7,9-11H2,1-4H3,(H,17,19). The highest BCUT2D eigenvalue weighted by atomic mass is 32.1. The van der Waals surface area contributed by atoms with Crippen LogP contribution in [0.4, 0.5) is 4.79 Å². The minimum Gasteiger partial charge on any atom is -0.467 e.